The number of carbonyl (C=O) groups is 1. The topological polar surface area (TPSA) is 29.1 Å². The number of nitrogens with one attached hydrogen (secondary N) is 1. The van der Waals surface area contributed by atoms with Gasteiger partial charge in [-0.3, -0.25) is 4.79 Å². The lowest BCUT2D eigenvalue weighted by Gasteiger charge is -2.12. The first-order valence-corrected chi connectivity index (χ1v) is 7.15. The highest BCUT2D eigenvalue weighted by molar-refractivity contribution is 9.10. The Hall–Kier alpha value is -1.61. The van der Waals surface area contributed by atoms with E-state index in [2.05, 4.69) is 33.4 Å². The van der Waals surface area contributed by atoms with Gasteiger partial charge in [0.05, 0.1) is 4.83 Å². The molecule has 0 aliphatic rings. The fraction of sp³-hybridized carbons (Fsp3) is 0.188. The molecule has 2 aromatic carbocycles. The maximum atomic E-state index is 11.8. The fourth-order valence-corrected chi connectivity index (χ4v) is 1.96. The Kier molecular flexibility index (Phi) is 4.74. The van der Waals surface area contributed by atoms with Crippen molar-refractivity contribution in [1.29, 1.82) is 0 Å². The molecule has 0 fully saturated rings. The molecule has 19 heavy (non-hydrogen) atoms. The minimum atomic E-state index is -0.197. The van der Waals surface area contributed by atoms with E-state index in [0.717, 1.165) is 17.7 Å². The Morgan fingerprint density at radius 3 is 2.42 bits per heavy atom. The average Bonchev–Trinajstić information content (AvgIpc) is 2.42. The minimum absolute atomic E-state index is 0.0273. The van der Waals surface area contributed by atoms with Crippen LogP contribution in [0.3, 0.4) is 0 Å². The maximum absolute atomic E-state index is 11.8. The molecule has 0 aliphatic carbocycles. The number of amides is 1. The van der Waals surface area contributed by atoms with Crippen LogP contribution in [0.25, 0.3) is 0 Å². The summed E-state index contributed by atoms with van der Waals surface area (Å²) in [6, 6.07) is 18.1. The summed E-state index contributed by atoms with van der Waals surface area (Å²) in [5.74, 6) is -0.0273. The second-order valence-electron chi connectivity index (χ2n) is 4.42. The van der Waals surface area contributed by atoms with Crippen LogP contribution in [0.15, 0.2) is 54.6 Å². The van der Waals surface area contributed by atoms with Crippen molar-refractivity contribution in [3.63, 3.8) is 0 Å². The first kappa shape index (κ1) is 13.8. The molecule has 3 heteroatoms. The van der Waals surface area contributed by atoms with Gasteiger partial charge in [0.2, 0.25) is 5.91 Å². The highest BCUT2D eigenvalue weighted by atomic mass is 79.9. The normalized spacial score (nSPS) is 11.9. The van der Waals surface area contributed by atoms with Crippen molar-refractivity contribution in [3.05, 3.63) is 65.7 Å². The van der Waals surface area contributed by atoms with E-state index in [1.54, 1.807) is 0 Å². The number of hydrogen-bond donors (Lipinski definition) is 1. The number of anilines is 1. The molecule has 1 atom stereocenters. The smallest absolute Gasteiger partial charge is 0.237 e. The summed E-state index contributed by atoms with van der Waals surface area (Å²) < 4.78 is 0. The van der Waals surface area contributed by atoms with Gasteiger partial charge >= 0.3 is 0 Å². The predicted molar refractivity (Wildman–Crippen MR) is 82.7 cm³/mol. The molecule has 0 heterocycles. The molecule has 0 bridgehead atoms. The Bertz CT molecular complexity index is 552. The molecule has 1 unspecified atom stereocenters. The Morgan fingerprint density at radius 1 is 1.11 bits per heavy atom. The molecule has 0 saturated heterocycles. The summed E-state index contributed by atoms with van der Waals surface area (Å²) in [4.78, 5) is 11.6. The van der Waals surface area contributed by atoms with Crippen molar-refractivity contribution in [2.45, 2.75) is 18.2 Å². The van der Waals surface area contributed by atoms with Crippen LogP contribution in [0.2, 0.25) is 0 Å². The highest BCUT2D eigenvalue weighted by Crippen LogP contribution is 2.19. The van der Waals surface area contributed by atoms with Gasteiger partial charge in [-0.05, 0) is 30.5 Å². The third kappa shape index (κ3) is 3.93. The third-order valence-electron chi connectivity index (χ3n) is 2.87. The van der Waals surface area contributed by atoms with Crippen LogP contribution < -0.4 is 5.32 Å². The van der Waals surface area contributed by atoms with Gasteiger partial charge in [0.1, 0.15) is 0 Å². The lowest BCUT2D eigenvalue weighted by atomic mass is 10.0. The van der Waals surface area contributed by atoms with Crippen molar-refractivity contribution in [1.82, 2.24) is 0 Å². The second-order valence-corrected chi connectivity index (χ2v) is 5.80. The van der Waals surface area contributed by atoms with E-state index in [1.807, 2.05) is 49.4 Å². The fourth-order valence-electron chi connectivity index (χ4n) is 1.84. The third-order valence-corrected chi connectivity index (χ3v) is 3.29. The standard InChI is InChI=1S/C16H16BrNO/c1-12(17)16(19)18-15-10-6-5-9-14(15)11-13-7-3-2-4-8-13/h2-10,12H,11H2,1H3,(H,18,19). The summed E-state index contributed by atoms with van der Waals surface area (Å²) in [5, 5.41) is 2.94. The molecular formula is C16H16BrNO. The predicted octanol–water partition coefficient (Wildman–Crippen LogP) is 4.00. The van der Waals surface area contributed by atoms with E-state index < -0.39 is 0 Å². The van der Waals surface area contributed by atoms with E-state index in [4.69, 9.17) is 0 Å². The number of halogens is 1. The van der Waals surface area contributed by atoms with Crippen LogP contribution in [-0.4, -0.2) is 10.7 Å². The molecule has 0 saturated carbocycles. The van der Waals surface area contributed by atoms with Gasteiger partial charge < -0.3 is 5.32 Å². The van der Waals surface area contributed by atoms with Crippen molar-refractivity contribution < 1.29 is 4.79 Å². The summed E-state index contributed by atoms with van der Waals surface area (Å²) in [6.07, 6.45) is 0.813. The highest BCUT2D eigenvalue weighted by Gasteiger charge is 2.11. The van der Waals surface area contributed by atoms with Crippen LogP contribution in [0, 0.1) is 0 Å². The summed E-state index contributed by atoms with van der Waals surface area (Å²) in [6.45, 7) is 1.81. The number of benzene rings is 2. The van der Waals surface area contributed by atoms with Crippen LogP contribution >= 0.6 is 15.9 Å². The monoisotopic (exact) mass is 317 g/mol. The zero-order valence-corrected chi connectivity index (χ0v) is 12.4. The van der Waals surface area contributed by atoms with E-state index >= 15 is 0 Å². The SMILES string of the molecule is CC(Br)C(=O)Nc1ccccc1Cc1ccccc1. The van der Waals surface area contributed by atoms with Crippen molar-refractivity contribution in [3.8, 4) is 0 Å². The van der Waals surface area contributed by atoms with Crippen molar-refractivity contribution in [2.24, 2.45) is 0 Å². The molecule has 1 N–H and O–H groups in total. The van der Waals surface area contributed by atoms with Gasteiger partial charge in [-0.25, -0.2) is 0 Å². The summed E-state index contributed by atoms with van der Waals surface area (Å²) in [7, 11) is 0. The summed E-state index contributed by atoms with van der Waals surface area (Å²) >= 11 is 3.28. The van der Waals surface area contributed by atoms with Gasteiger partial charge in [0.15, 0.2) is 0 Å². The van der Waals surface area contributed by atoms with Crippen LogP contribution in [0.4, 0.5) is 5.69 Å². The quantitative estimate of drug-likeness (QED) is 0.848. The van der Waals surface area contributed by atoms with Gasteiger partial charge in [-0.2, -0.15) is 0 Å². The largest absolute Gasteiger partial charge is 0.325 e. The van der Waals surface area contributed by atoms with Crippen molar-refractivity contribution >= 4 is 27.5 Å². The van der Waals surface area contributed by atoms with Gasteiger partial charge in [0, 0.05) is 5.69 Å². The number of hydrogen-bond acceptors (Lipinski definition) is 1. The molecule has 2 nitrogen and oxygen atoms in total. The number of alkyl halides is 1. The molecule has 1 amide bonds. The number of carbonyl (C=O) groups excluding carboxylic acids is 1. The average molecular weight is 318 g/mol. The summed E-state index contributed by atoms with van der Waals surface area (Å²) in [5.41, 5.74) is 3.23. The molecule has 0 radical (unpaired) electrons. The Labute approximate surface area is 122 Å². The molecule has 2 aromatic rings. The van der Waals surface area contributed by atoms with E-state index in [9.17, 15) is 4.79 Å². The van der Waals surface area contributed by atoms with E-state index in [1.165, 1.54) is 5.56 Å². The van der Waals surface area contributed by atoms with E-state index in [-0.39, 0.29) is 10.7 Å². The first-order chi connectivity index (χ1) is 9.16. The lowest BCUT2D eigenvalue weighted by molar-refractivity contribution is -0.115. The Morgan fingerprint density at radius 2 is 1.74 bits per heavy atom. The maximum Gasteiger partial charge on any atom is 0.237 e. The molecular weight excluding hydrogens is 302 g/mol. The van der Waals surface area contributed by atoms with Crippen LogP contribution in [0.5, 0.6) is 0 Å². The molecule has 0 aromatic heterocycles. The minimum Gasteiger partial charge on any atom is -0.325 e. The zero-order chi connectivity index (χ0) is 13.7. The first-order valence-electron chi connectivity index (χ1n) is 6.23. The Balaban J connectivity index is 2.19. The van der Waals surface area contributed by atoms with Gasteiger partial charge in [0.25, 0.3) is 0 Å². The van der Waals surface area contributed by atoms with Crippen LogP contribution in [0.1, 0.15) is 18.1 Å². The van der Waals surface area contributed by atoms with Gasteiger partial charge in [-0.1, -0.05) is 64.5 Å². The second kappa shape index (κ2) is 6.53. The number of rotatable bonds is 4. The van der Waals surface area contributed by atoms with E-state index in [0.29, 0.717) is 0 Å². The van der Waals surface area contributed by atoms with Crippen molar-refractivity contribution in [2.75, 3.05) is 5.32 Å². The van der Waals surface area contributed by atoms with Gasteiger partial charge in [-0.15, -0.1) is 0 Å². The lowest BCUT2D eigenvalue weighted by Crippen LogP contribution is -2.20. The molecule has 2 rings (SSSR count). The molecule has 0 spiro atoms. The zero-order valence-electron chi connectivity index (χ0n) is 10.8. The molecule has 98 valence electrons. The number of para-hydroxylation sites is 1. The molecule has 0 aliphatic heterocycles. The van der Waals surface area contributed by atoms with Crippen LogP contribution in [-0.2, 0) is 11.2 Å².